The second-order valence-corrected chi connectivity index (χ2v) is 7.04. The second-order valence-electron chi connectivity index (χ2n) is 7.04. The predicted molar refractivity (Wildman–Crippen MR) is 109 cm³/mol. The fraction of sp³-hybridized carbons (Fsp3) is 0.273. The van der Waals surface area contributed by atoms with E-state index in [-0.39, 0.29) is 12.3 Å². The molecule has 0 bridgehead atoms. The van der Waals surface area contributed by atoms with E-state index in [0.717, 1.165) is 17.0 Å². The van der Waals surface area contributed by atoms with Gasteiger partial charge in [0.05, 0.1) is 47.0 Å². The average Bonchev–Trinajstić information content (AvgIpc) is 2.76. The molecule has 7 nitrogen and oxygen atoms in total. The Kier molecular flexibility index (Phi) is 7.45. The van der Waals surface area contributed by atoms with Crippen LogP contribution in [0.4, 0.5) is 23.7 Å². The van der Waals surface area contributed by atoms with E-state index >= 15 is 0 Å². The van der Waals surface area contributed by atoms with E-state index in [1.54, 1.807) is 0 Å². The maximum absolute atomic E-state index is 13.4. The normalized spacial score (nSPS) is 11.6. The standard InChI is InChI=1S/C22H19F3N4O3/c1-14(13-32-18-8-4-15(11-26)5-9-18)20(30)29(21(31)28(2)3)17-7-6-16(12-27)19(10-17)22(23,24)25/h4-10,14H,13H2,1-3H3/t14-/m1/s1. The molecule has 0 unspecified atom stereocenters. The first-order valence-corrected chi connectivity index (χ1v) is 9.29. The predicted octanol–water partition coefficient (Wildman–Crippen LogP) is 4.18. The number of nitrogens with zero attached hydrogens (tertiary/aromatic N) is 4. The number of carbonyl (C=O) groups excluding carboxylic acids is 2. The van der Waals surface area contributed by atoms with Gasteiger partial charge in [-0.25, -0.2) is 9.69 Å². The van der Waals surface area contributed by atoms with Crippen LogP contribution in [0.15, 0.2) is 42.5 Å². The van der Waals surface area contributed by atoms with Crippen LogP contribution in [0, 0.1) is 28.6 Å². The SMILES string of the molecule is C[C@H](COc1ccc(C#N)cc1)C(=O)N(C(=O)N(C)C)c1ccc(C#N)c(C(F)(F)F)c1. The molecule has 0 radical (unpaired) electrons. The summed E-state index contributed by atoms with van der Waals surface area (Å²) in [5.41, 5.74) is -1.76. The lowest BCUT2D eigenvalue weighted by molar-refractivity contribution is -0.137. The van der Waals surface area contributed by atoms with E-state index in [9.17, 15) is 22.8 Å². The van der Waals surface area contributed by atoms with Crippen LogP contribution in [0.25, 0.3) is 0 Å². The Bertz CT molecular complexity index is 1080. The summed E-state index contributed by atoms with van der Waals surface area (Å²) in [6.07, 6.45) is -4.85. The Balaban J connectivity index is 2.34. The molecule has 2 aromatic carbocycles. The molecule has 0 aliphatic carbocycles. The van der Waals surface area contributed by atoms with Crippen molar-refractivity contribution in [1.29, 1.82) is 10.5 Å². The lowest BCUT2D eigenvalue weighted by atomic mass is 10.1. The minimum atomic E-state index is -4.85. The van der Waals surface area contributed by atoms with Gasteiger partial charge in [-0.3, -0.25) is 4.79 Å². The number of halogens is 3. The molecule has 0 aromatic heterocycles. The number of benzene rings is 2. The Morgan fingerprint density at radius 3 is 2.19 bits per heavy atom. The van der Waals surface area contributed by atoms with Crippen molar-refractivity contribution in [3.63, 3.8) is 0 Å². The van der Waals surface area contributed by atoms with E-state index in [1.807, 2.05) is 6.07 Å². The van der Waals surface area contributed by atoms with Crippen molar-refractivity contribution in [3.05, 3.63) is 59.2 Å². The third-order valence-electron chi connectivity index (χ3n) is 4.39. The molecule has 3 amide bonds. The Labute approximate surface area is 182 Å². The van der Waals surface area contributed by atoms with Gasteiger partial charge < -0.3 is 9.64 Å². The van der Waals surface area contributed by atoms with Crippen LogP contribution in [-0.4, -0.2) is 37.5 Å². The zero-order valence-electron chi connectivity index (χ0n) is 17.5. The Morgan fingerprint density at radius 1 is 1.06 bits per heavy atom. The molecular formula is C22H19F3N4O3. The molecule has 0 saturated carbocycles. The third-order valence-corrected chi connectivity index (χ3v) is 4.39. The van der Waals surface area contributed by atoms with Crippen molar-refractivity contribution in [2.45, 2.75) is 13.1 Å². The summed E-state index contributed by atoms with van der Waals surface area (Å²) >= 11 is 0. The number of rotatable bonds is 5. The van der Waals surface area contributed by atoms with E-state index in [0.29, 0.717) is 22.3 Å². The van der Waals surface area contributed by atoms with Crippen LogP contribution in [0.5, 0.6) is 5.75 Å². The maximum Gasteiger partial charge on any atom is 0.417 e. The Hall–Kier alpha value is -4.05. The summed E-state index contributed by atoms with van der Waals surface area (Å²) in [6, 6.07) is 11.3. The Morgan fingerprint density at radius 2 is 1.69 bits per heavy atom. The molecule has 0 heterocycles. The molecule has 0 aliphatic rings. The first-order valence-electron chi connectivity index (χ1n) is 9.29. The first-order chi connectivity index (χ1) is 15.0. The van der Waals surface area contributed by atoms with Gasteiger partial charge in [0.25, 0.3) is 0 Å². The minimum absolute atomic E-state index is 0.162. The van der Waals surface area contributed by atoms with Crippen molar-refractivity contribution in [2.75, 3.05) is 25.6 Å². The molecule has 1 atom stereocenters. The molecule has 32 heavy (non-hydrogen) atoms. The van der Waals surface area contributed by atoms with Crippen LogP contribution in [0.3, 0.4) is 0 Å². The highest BCUT2D eigenvalue weighted by Gasteiger charge is 2.36. The highest BCUT2D eigenvalue weighted by molar-refractivity contribution is 6.14. The largest absolute Gasteiger partial charge is 0.493 e. The summed E-state index contributed by atoms with van der Waals surface area (Å²) in [6.45, 7) is 1.31. The molecule has 2 aromatic rings. The van der Waals surface area contributed by atoms with Gasteiger partial charge in [0.1, 0.15) is 5.75 Å². The van der Waals surface area contributed by atoms with Gasteiger partial charge in [-0.15, -0.1) is 0 Å². The van der Waals surface area contributed by atoms with Gasteiger partial charge in [-0.05, 0) is 42.5 Å². The second kappa shape index (κ2) is 9.84. The molecule has 166 valence electrons. The highest BCUT2D eigenvalue weighted by atomic mass is 19.4. The molecule has 0 saturated heterocycles. The molecule has 0 N–H and O–H groups in total. The van der Waals surface area contributed by atoms with Gasteiger partial charge in [0.2, 0.25) is 5.91 Å². The molecule has 0 fully saturated rings. The number of hydrogen-bond acceptors (Lipinski definition) is 5. The molecule has 10 heteroatoms. The van der Waals surface area contributed by atoms with Crippen molar-refractivity contribution in [3.8, 4) is 17.9 Å². The third kappa shape index (κ3) is 5.55. The van der Waals surface area contributed by atoms with E-state index < -0.39 is 35.2 Å². The number of ether oxygens (including phenoxy) is 1. The number of nitriles is 2. The molecule has 2 rings (SSSR count). The summed E-state index contributed by atoms with van der Waals surface area (Å²) in [7, 11) is 2.71. The van der Waals surface area contributed by atoms with Crippen molar-refractivity contribution in [1.82, 2.24) is 4.90 Å². The number of amides is 3. The van der Waals surface area contributed by atoms with Gasteiger partial charge in [0.15, 0.2) is 0 Å². The molecule has 0 spiro atoms. The summed E-state index contributed by atoms with van der Waals surface area (Å²) in [5.74, 6) is -1.30. The summed E-state index contributed by atoms with van der Waals surface area (Å²) < 4.78 is 45.6. The van der Waals surface area contributed by atoms with Crippen LogP contribution in [-0.2, 0) is 11.0 Å². The van der Waals surface area contributed by atoms with E-state index in [2.05, 4.69) is 0 Å². The van der Waals surface area contributed by atoms with Crippen LogP contribution >= 0.6 is 0 Å². The number of alkyl halides is 3. The zero-order chi connectivity index (χ0) is 24.1. The van der Waals surface area contributed by atoms with Crippen LogP contribution < -0.4 is 9.64 Å². The molecular weight excluding hydrogens is 425 g/mol. The number of anilines is 1. The minimum Gasteiger partial charge on any atom is -0.493 e. The van der Waals surface area contributed by atoms with Crippen LogP contribution in [0.2, 0.25) is 0 Å². The first kappa shape index (κ1) is 24.2. The molecule has 0 aliphatic heterocycles. The van der Waals surface area contributed by atoms with Crippen molar-refractivity contribution in [2.24, 2.45) is 5.92 Å². The van der Waals surface area contributed by atoms with Crippen molar-refractivity contribution < 1.29 is 27.5 Å². The number of imide groups is 1. The van der Waals surface area contributed by atoms with Gasteiger partial charge in [-0.1, -0.05) is 6.92 Å². The topological polar surface area (TPSA) is 97.4 Å². The van der Waals surface area contributed by atoms with Gasteiger partial charge in [-0.2, -0.15) is 23.7 Å². The lowest BCUT2D eigenvalue weighted by Gasteiger charge is -2.27. The average molecular weight is 444 g/mol. The van der Waals surface area contributed by atoms with Gasteiger partial charge >= 0.3 is 12.2 Å². The van der Waals surface area contributed by atoms with Gasteiger partial charge in [0, 0.05) is 14.1 Å². The number of hydrogen-bond donors (Lipinski definition) is 0. The van der Waals surface area contributed by atoms with Crippen LogP contribution in [0.1, 0.15) is 23.6 Å². The maximum atomic E-state index is 13.4. The summed E-state index contributed by atoms with van der Waals surface area (Å²) in [5, 5.41) is 17.8. The van der Waals surface area contributed by atoms with Crippen molar-refractivity contribution >= 4 is 17.6 Å². The fourth-order valence-corrected chi connectivity index (χ4v) is 2.67. The quantitative estimate of drug-likeness (QED) is 0.689. The smallest absolute Gasteiger partial charge is 0.417 e. The number of carbonyl (C=O) groups is 2. The lowest BCUT2D eigenvalue weighted by Crippen LogP contribution is -2.46. The fourth-order valence-electron chi connectivity index (χ4n) is 2.67. The highest BCUT2D eigenvalue weighted by Crippen LogP contribution is 2.35. The zero-order valence-corrected chi connectivity index (χ0v) is 17.5. The van der Waals surface area contributed by atoms with E-state index in [1.165, 1.54) is 51.4 Å². The van der Waals surface area contributed by atoms with E-state index in [4.69, 9.17) is 15.3 Å². The monoisotopic (exact) mass is 444 g/mol. The summed E-state index contributed by atoms with van der Waals surface area (Å²) in [4.78, 5) is 27.4. The number of urea groups is 1.